The van der Waals surface area contributed by atoms with Crippen LogP contribution in [0, 0.1) is 3.57 Å². The number of hydrogen-bond donors (Lipinski definition) is 0. The fourth-order valence-corrected chi connectivity index (χ4v) is 2.26. The molecular weight excluding hydrogens is 395 g/mol. The molecule has 0 fully saturated rings. The zero-order valence-corrected chi connectivity index (χ0v) is 12.9. The van der Waals surface area contributed by atoms with Crippen LogP contribution in [0.25, 0.3) is 0 Å². The third kappa shape index (κ3) is 3.78. The molecular formula is C13H8IO5S-. The number of hydrogen-bond acceptors (Lipinski definition) is 5. The molecule has 2 rings (SSSR count). The minimum absolute atomic E-state index is 0.168. The number of carbonyl (C=O) groups is 1. The highest BCUT2D eigenvalue weighted by molar-refractivity contribution is 14.1. The Morgan fingerprint density at radius 2 is 1.55 bits per heavy atom. The highest BCUT2D eigenvalue weighted by atomic mass is 127. The molecule has 7 heteroatoms. The van der Waals surface area contributed by atoms with Gasteiger partial charge >= 0.3 is 5.97 Å². The van der Waals surface area contributed by atoms with Gasteiger partial charge in [0.2, 0.25) is 0 Å². The summed E-state index contributed by atoms with van der Waals surface area (Å²) in [5, 5.41) is 0. The van der Waals surface area contributed by atoms with Crippen molar-refractivity contribution in [3.63, 3.8) is 0 Å². The van der Waals surface area contributed by atoms with Crippen LogP contribution in [-0.4, -0.2) is 18.9 Å². The molecule has 0 bridgehead atoms. The van der Waals surface area contributed by atoms with Crippen LogP contribution in [0.3, 0.4) is 0 Å². The molecule has 0 aliphatic carbocycles. The van der Waals surface area contributed by atoms with Crippen LogP contribution in [0.1, 0.15) is 10.4 Å². The van der Waals surface area contributed by atoms with Crippen LogP contribution in [0.5, 0.6) is 5.75 Å². The quantitative estimate of drug-likeness (QED) is 0.340. The summed E-state index contributed by atoms with van der Waals surface area (Å²) in [7, 11) is -4.50. The molecule has 20 heavy (non-hydrogen) atoms. The highest BCUT2D eigenvalue weighted by Gasteiger charge is 2.09. The van der Waals surface area contributed by atoms with Crippen molar-refractivity contribution >= 4 is 38.7 Å². The summed E-state index contributed by atoms with van der Waals surface area (Å²) < 4.78 is 38.3. The van der Waals surface area contributed by atoms with Crippen molar-refractivity contribution in [2.75, 3.05) is 0 Å². The van der Waals surface area contributed by atoms with Gasteiger partial charge in [0.1, 0.15) is 15.9 Å². The lowest BCUT2D eigenvalue weighted by Crippen LogP contribution is -2.08. The van der Waals surface area contributed by atoms with Crippen molar-refractivity contribution < 1.29 is 22.5 Å². The van der Waals surface area contributed by atoms with E-state index in [9.17, 15) is 17.8 Å². The standard InChI is InChI=1S/C13H9IO5S/c14-10-3-1-9(2-4-10)13(15)19-11-5-7-12(8-6-11)20(16,17)18/h1-8H,(H,16,17,18)/p-1. The van der Waals surface area contributed by atoms with E-state index in [1.54, 1.807) is 24.3 Å². The second-order valence-electron chi connectivity index (χ2n) is 3.82. The Morgan fingerprint density at radius 3 is 2.05 bits per heavy atom. The minimum Gasteiger partial charge on any atom is -0.744 e. The maximum atomic E-state index is 11.8. The van der Waals surface area contributed by atoms with Crippen molar-refractivity contribution in [1.29, 1.82) is 0 Å². The lowest BCUT2D eigenvalue weighted by atomic mass is 10.2. The van der Waals surface area contributed by atoms with E-state index in [2.05, 4.69) is 22.6 Å². The van der Waals surface area contributed by atoms with Crippen LogP contribution < -0.4 is 4.74 Å². The first kappa shape index (κ1) is 14.9. The van der Waals surface area contributed by atoms with E-state index in [1.807, 2.05) is 0 Å². The summed E-state index contributed by atoms with van der Waals surface area (Å²) in [5.41, 5.74) is 0.380. The molecule has 0 aromatic heterocycles. The fraction of sp³-hybridized carbons (Fsp3) is 0. The normalized spacial score (nSPS) is 11.1. The smallest absolute Gasteiger partial charge is 0.343 e. The van der Waals surface area contributed by atoms with Crippen molar-refractivity contribution in [1.82, 2.24) is 0 Å². The Bertz CT molecular complexity index is 720. The van der Waals surface area contributed by atoms with E-state index in [-0.39, 0.29) is 10.6 Å². The van der Waals surface area contributed by atoms with E-state index in [0.29, 0.717) is 5.56 Å². The van der Waals surface area contributed by atoms with Crippen LogP contribution in [0.4, 0.5) is 0 Å². The SMILES string of the molecule is O=C(Oc1ccc(S(=O)(=O)[O-])cc1)c1ccc(I)cc1. The van der Waals surface area contributed by atoms with Gasteiger partial charge in [0.15, 0.2) is 0 Å². The molecule has 0 N–H and O–H groups in total. The Labute approximate surface area is 129 Å². The summed E-state index contributed by atoms with van der Waals surface area (Å²) in [6.45, 7) is 0. The second kappa shape index (κ2) is 5.90. The van der Waals surface area contributed by atoms with Crippen molar-refractivity contribution in [3.05, 3.63) is 57.7 Å². The predicted molar refractivity (Wildman–Crippen MR) is 78.5 cm³/mol. The van der Waals surface area contributed by atoms with Gasteiger partial charge in [-0.05, 0) is 71.1 Å². The van der Waals surface area contributed by atoms with Gasteiger partial charge in [-0.1, -0.05) is 0 Å². The number of benzene rings is 2. The predicted octanol–water partition coefficient (Wildman–Crippen LogP) is 2.41. The largest absolute Gasteiger partial charge is 0.744 e. The summed E-state index contributed by atoms with van der Waals surface area (Å²) in [5.74, 6) is -0.389. The molecule has 5 nitrogen and oxygen atoms in total. The molecule has 0 saturated heterocycles. The van der Waals surface area contributed by atoms with Crippen molar-refractivity contribution in [3.8, 4) is 5.75 Å². The highest BCUT2D eigenvalue weighted by Crippen LogP contribution is 2.17. The molecule has 2 aromatic carbocycles. The van der Waals surface area contributed by atoms with Gasteiger partial charge in [0, 0.05) is 3.57 Å². The fourth-order valence-electron chi connectivity index (χ4n) is 1.43. The third-order valence-corrected chi connectivity index (χ3v) is 3.97. The Balaban J connectivity index is 2.14. The van der Waals surface area contributed by atoms with Crippen LogP contribution in [0.2, 0.25) is 0 Å². The van der Waals surface area contributed by atoms with Gasteiger partial charge in [-0.3, -0.25) is 0 Å². The Kier molecular flexibility index (Phi) is 4.41. The van der Waals surface area contributed by atoms with Crippen LogP contribution >= 0.6 is 22.6 Å². The number of ether oxygens (including phenoxy) is 1. The van der Waals surface area contributed by atoms with Crippen LogP contribution in [0.15, 0.2) is 53.4 Å². The maximum Gasteiger partial charge on any atom is 0.343 e. The zero-order valence-electron chi connectivity index (χ0n) is 9.95. The van der Waals surface area contributed by atoms with Gasteiger partial charge in [-0.15, -0.1) is 0 Å². The molecule has 0 amide bonds. The Morgan fingerprint density at radius 1 is 1.00 bits per heavy atom. The average molecular weight is 403 g/mol. The van der Waals surface area contributed by atoms with Gasteiger partial charge in [-0.25, -0.2) is 13.2 Å². The lowest BCUT2D eigenvalue weighted by molar-refractivity contribution is 0.0734. The van der Waals surface area contributed by atoms with Crippen molar-refractivity contribution in [2.24, 2.45) is 0 Å². The van der Waals surface area contributed by atoms with Gasteiger partial charge in [-0.2, -0.15) is 0 Å². The molecule has 0 atom stereocenters. The lowest BCUT2D eigenvalue weighted by Gasteiger charge is -2.08. The minimum atomic E-state index is -4.50. The van der Waals surface area contributed by atoms with Gasteiger partial charge in [0.05, 0.1) is 10.5 Å². The summed E-state index contributed by atoms with van der Waals surface area (Å²) in [6, 6.07) is 11.5. The van der Waals surface area contributed by atoms with E-state index in [4.69, 9.17) is 4.74 Å². The molecule has 0 radical (unpaired) electrons. The number of carbonyl (C=O) groups excluding carboxylic acids is 1. The number of rotatable bonds is 3. The molecule has 2 aromatic rings. The zero-order chi connectivity index (χ0) is 14.8. The van der Waals surface area contributed by atoms with Gasteiger partial charge in [0.25, 0.3) is 0 Å². The molecule has 0 heterocycles. The second-order valence-corrected chi connectivity index (χ2v) is 6.45. The van der Waals surface area contributed by atoms with Gasteiger partial charge < -0.3 is 9.29 Å². The molecule has 0 aliphatic heterocycles. The summed E-state index contributed by atoms with van der Waals surface area (Å²) >= 11 is 2.12. The molecule has 104 valence electrons. The summed E-state index contributed by atoms with van der Waals surface area (Å²) in [4.78, 5) is 11.4. The molecule has 0 spiro atoms. The topological polar surface area (TPSA) is 83.5 Å². The molecule has 0 aliphatic rings. The number of halogens is 1. The van der Waals surface area contributed by atoms with Crippen LogP contribution in [-0.2, 0) is 10.1 Å². The summed E-state index contributed by atoms with van der Waals surface area (Å²) in [6.07, 6.45) is 0. The van der Waals surface area contributed by atoms with E-state index in [1.165, 1.54) is 12.1 Å². The number of esters is 1. The first-order valence-corrected chi connectivity index (χ1v) is 7.89. The molecule has 0 saturated carbocycles. The first-order valence-electron chi connectivity index (χ1n) is 5.40. The maximum absolute atomic E-state index is 11.8. The van der Waals surface area contributed by atoms with E-state index >= 15 is 0 Å². The van der Waals surface area contributed by atoms with E-state index < -0.39 is 16.1 Å². The average Bonchev–Trinajstić information content (AvgIpc) is 2.39. The first-order chi connectivity index (χ1) is 9.36. The third-order valence-electron chi connectivity index (χ3n) is 2.40. The van der Waals surface area contributed by atoms with E-state index in [0.717, 1.165) is 15.7 Å². The van der Waals surface area contributed by atoms with Crippen molar-refractivity contribution in [2.45, 2.75) is 4.90 Å². The Hall–Kier alpha value is -1.45. The molecule has 0 unspecified atom stereocenters. The monoisotopic (exact) mass is 403 g/mol.